The van der Waals surface area contributed by atoms with Crippen molar-refractivity contribution in [3.8, 4) is 5.75 Å². The van der Waals surface area contributed by atoms with Crippen molar-refractivity contribution in [3.05, 3.63) is 39.4 Å². The van der Waals surface area contributed by atoms with Crippen molar-refractivity contribution in [1.82, 2.24) is 4.90 Å². The summed E-state index contributed by atoms with van der Waals surface area (Å²) in [6, 6.07) is 4.96. The predicted octanol–water partition coefficient (Wildman–Crippen LogP) is 2.06. The molecule has 0 fully saturated rings. The van der Waals surface area contributed by atoms with E-state index in [0.29, 0.717) is 36.3 Å². The van der Waals surface area contributed by atoms with E-state index in [4.69, 9.17) is 4.74 Å². The number of carbonyl (C=O) groups excluding carboxylic acids is 2. The highest BCUT2D eigenvalue weighted by Crippen LogP contribution is 2.31. The van der Waals surface area contributed by atoms with E-state index >= 15 is 0 Å². The van der Waals surface area contributed by atoms with Gasteiger partial charge in [0.1, 0.15) is 5.75 Å². The van der Waals surface area contributed by atoms with Gasteiger partial charge >= 0.3 is 0 Å². The molecule has 0 radical (unpaired) electrons. The number of imide groups is 1. The first kappa shape index (κ1) is 16.7. The summed E-state index contributed by atoms with van der Waals surface area (Å²) in [6.07, 6.45) is 1.62. The minimum Gasteiger partial charge on any atom is -0.493 e. The molecule has 1 aromatic carbocycles. The molecule has 124 valence electrons. The van der Waals surface area contributed by atoms with Gasteiger partial charge in [0.25, 0.3) is 16.9 Å². The van der Waals surface area contributed by atoms with Gasteiger partial charge in [-0.2, -0.15) is 0 Å². The summed E-state index contributed by atoms with van der Waals surface area (Å²) in [5.74, 6) is -0.323. The second-order valence-corrected chi connectivity index (χ2v) is 5.05. The SMILES string of the molecule is CCCOc1cccc2c1C(=O)N(CCCCO[N+](=O)[O-])C2=O. The Kier molecular flexibility index (Phi) is 5.51. The van der Waals surface area contributed by atoms with E-state index in [1.807, 2.05) is 6.92 Å². The topological polar surface area (TPSA) is 99.0 Å². The minimum absolute atomic E-state index is 0.0545. The molecule has 0 aromatic heterocycles. The molecule has 0 atom stereocenters. The monoisotopic (exact) mass is 322 g/mol. The van der Waals surface area contributed by atoms with E-state index in [1.165, 1.54) is 0 Å². The molecule has 1 aliphatic heterocycles. The Morgan fingerprint density at radius 3 is 2.65 bits per heavy atom. The van der Waals surface area contributed by atoms with Crippen molar-refractivity contribution in [1.29, 1.82) is 0 Å². The summed E-state index contributed by atoms with van der Waals surface area (Å²) < 4.78 is 5.54. The van der Waals surface area contributed by atoms with Crippen LogP contribution >= 0.6 is 0 Å². The van der Waals surface area contributed by atoms with Crippen LogP contribution in [0.3, 0.4) is 0 Å². The van der Waals surface area contributed by atoms with Gasteiger partial charge in [0, 0.05) is 6.54 Å². The molecular formula is C15H18N2O6. The van der Waals surface area contributed by atoms with E-state index in [0.717, 1.165) is 11.3 Å². The fourth-order valence-corrected chi connectivity index (χ4v) is 2.35. The molecule has 0 aliphatic carbocycles. The van der Waals surface area contributed by atoms with Gasteiger partial charge in [-0.15, -0.1) is 10.1 Å². The maximum absolute atomic E-state index is 12.4. The first-order valence-corrected chi connectivity index (χ1v) is 7.45. The normalized spacial score (nSPS) is 13.2. The van der Waals surface area contributed by atoms with Crippen LogP contribution in [-0.4, -0.2) is 41.6 Å². The molecule has 1 heterocycles. The van der Waals surface area contributed by atoms with Crippen molar-refractivity contribution in [2.24, 2.45) is 0 Å². The first-order chi connectivity index (χ1) is 11.1. The molecule has 1 aromatic rings. The standard InChI is InChI=1S/C15H18N2O6/c1-2-9-22-12-7-5-6-11-13(12)15(19)16(14(11)18)8-3-4-10-23-17(20)21/h5-7H,2-4,8-10H2,1H3. The number of amides is 2. The van der Waals surface area contributed by atoms with E-state index in [9.17, 15) is 19.7 Å². The lowest BCUT2D eigenvalue weighted by atomic mass is 10.1. The van der Waals surface area contributed by atoms with Gasteiger partial charge in [-0.1, -0.05) is 13.0 Å². The highest BCUT2D eigenvalue weighted by atomic mass is 16.9. The second kappa shape index (κ2) is 7.57. The van der Waals surface area contributed by atoms with Crippen molar-refractivity contribution in [2.75, 3.05) is 19.8 Å². The third kappa shape index (κ3) is 3.77. The Hall–Kier alpha value is -2.64. The van der Waals surface area contributed by atoms with Gasteiger partial charge in [-0.3, -0.25) is 14.5 Å². The maximum atomic E-state index is 12.4. The van der Waals surface area contributed by atoms with E-state index in [2.05, 4.69) is 4.84 Å². The van der Waals surface area contributed by atoms with Crippen LogP contribution in [0.5, 0.6) is 5.75 Å². The number of hydrogen-bond donors (Lipinski definition) is 0. The molecule has 23 heavy (non-hydrogen) atoms. The summed E-state index contributed by atoms with van der Waals surface area (Å²) in [5.41, 5.74) is 0.637. The summed E-state index contributed by atoms with van der Waals surface area (Å²) in [4.78, 5) is 40.2. The molecule has 2 rings (SSSR count). The van der Waals surface area contributed by atoms with Gasteiger partial charge < -0.3 is 9.57 Å². The zero-order chi connectivity index (χ0) is 16.8. The number of rotatable bonds is 9. The van der Waals surface area contributed by atoms with Crippen molar-refractivity contribution < 1.29 is 24.3 Å². The van der Waals surface area contributed by atoms with Crippen LogP contribution < -0.4 is 4.74 Å². The molecule has 2 amide bonds. The predicted molar refractivity (Wildman–Crippen MR) is 79.8 cm³/mol. The smallest absolute Gasteiger partial charge is 0.294 e. The van der Waals surface area contributed by atoms with Crippen molar-refractivity contribution in [2.45, 2.75) is 26.2 Å². The molecule has 8 nitrogen and oxygen atoms in total. The fourth-order valence-electron chi connectivity index (χ4n) is 2.35. The average Bonchev–Trinajstić information content (AvgIpc) is 2.77. The molecule has 0 bridgehead atoms. The molecule has 0 unspecified atom stereocenters. The van der Waals surface area contributed by atoms with Crippen molar-refractivity contribution in [3.63, 3.8) is 0 Å². The third-order valence-corrected chi connectivity index (χ3v) is 3.40. The number of fused-ring (bicyclic) bond motifs is 1. The molecule has 0 N–H and O–H groups in total. The Labute approximate surface area is 133 Å². The molecule has 0 saturated heterocycles. The summed E-state index contributed by atoms with van der Waals surface area (Å²) in [5, 5.41) is 9.18. The Balaban J connectivity index is 2.01. The lowest BCUT2D eigenvalue weighted by Gasteiger charge is -2.13. The number of ether oxygens (including phenoxy) is 1. The Morgan fingerprint density at radius 2 is 1.96 bits per heavy atom. The lowest BCUT2D eigenvalue weighted by molar-refractivity contribution is -0.757. The number of hydrogen-bond acceptors (Lipinski definition) is 6. The Morgan fingerprint density at radius 1 is 1.17 bits per heavy atom. The van der Waals surface area contributed by atoms with Crippen LogP contribution in [0.1, 0.15) is 46.9 Å². The third-order valence-electron chi connectivity index (χ3n) is 3.40. The zero-order valence-electron chi connectivity index (χ0n) is 12.8. The largest absolute Gasteiger partial charge is 0.493 e. The molecule has 0 saturated carbocycles. The minimum atomic E-state index is -0.862. The number of carbonyl (C=O) groups is 2. The fraction of sp³-hybridized carbons (Fsp3) is 0.467. The summed E-state index contributed by atoms with van der Waals surface area (Å²) in [7, 11) is 0. The maximum Gasteiger partial charge on any atom is 0.294 e. The molecule has 8 heteroatoms. The van der Waals surface area contributed by atoms with Gasteiger partial charge in [0.2, 0.25) is 0 Å². The van der Waals surface area contributed by atoms with Gasteiger partial charge in [0.15, 0.2) is 0 Å². The van der Waals surface area contributed by atoms with Crippen LogP contribution in [0.4, 0.5) is 0 Å². The molecular weight excluding hydrogens is 304 g/mol. The van der Waals surface area contributed by atoms with Crippen LogP contribution in [0.2, 0.25) is 0 Å². The van der Waals surface area contributed by atoms with Crippen molar-refractivity contribution >= 4 is 11.8 Å². The lowest BCUT2D eigenvalue weighted by Crippen LogP contribution is -2.31. The van der Waals surface area contributed by atoms with E-state index in [-0.39, 0.29) is 25.0 Å². The molecule has 1 aliphatic rings. The molecule has 0 spiro atoms. The van der Waals surface area contributed by atoms with Crippen LogP contribution in [0.15, 0.2) is 18.2 Å². The van der Waals surface area contributed by atoms with Gasteiger partial charge in [0.05, 0.1) is 24.3 Å². The second-order valence-electron chi connectivity index (χ2n) is 5.05. The number of nitrogens with zero attached hydrogens (tertiary/aromatic N) is 2. The number of unbranched alkanes of at least 4 members (excludes halogenated alkanes) is 1. The highest BCUT2D eigenvalue weighted by molar-refractivity contribution is 6.22. The summed E-state index contributed by atoms with van der Waals surface area (Å²) >= 11 is 0. The quantitative estimate of drug-likeness (QED) is 0.299. The van der Waals surface area contributed by atoms with Crippen LogP contribution in [-0.2, 0) is 4.84 Å². The van der Waals surface area contributed by atoms with Gasteiger partial charge in [-0.05, 0) is 31.4 Å². The number of benzene rings is 1. The van der Waals surface area contributed by atoms with Crippen LogP contribution in [0, 0.1) is 10.1 Å². The average molecular weight is 322 g/mol. The van der Waals surface area contributed by atoms with E-state index < -0.39 is 5.09 Å². The van der Waals surface area contributed by atoms with E-state index in [1.54, 1.807) is 18.2 Å². The zero-order valence-corrected chi connectivity index (χ0v) is 12.8. The van der Waals surface area contributed by atoms with Crippen LogP contribution in [0.25, 0.3) is 0 Å². The highest BCUT2D eigenvalue weighted by Gasteiger charge is 2.37. The first-order valence-electron chi connectivity index (χ1n) is 7.45. The Bertz CT molecular complexity index is 616. The summed E-state index contributed by atoms with van der Waals surface area (Å²) in [6.45, 7) is 2.56. The van der Waals surface area contributed by atoms with Gasteiger partial charge in [-0.25, -0.2) is 0 Å².